The summed E-state index contributed by atoms with van der Waals surface area (Å²) in [6.45, 7) is 9.31. The summed E-state index contributed by atoms with van der Waals surface area (Å²) in [5, 5.41) is 0. The van der Waals surface area contributed by atoms with Crippen molar-refractivity contribution in [2.75, 3.05) is 34.0 Å². The lowest BCUT2D eigenvalue weighted by Crippen LogP contribution is -3.00. The minimum absolute atomic E-state index is 0. The molecule has 1 aromatic carbocycles. The molecule has 124 valence electrons. The molecule has 0 saturated carbocycles. The number of benzene rings is 1. The fraction of sp³-hybridized carbons (Fsp3) is 0.556. The van der Waals surface area contributed by atoms with Gasteiger partial charge in [0.1, 0.15) is 5.75 Å². The van der Waals surface area contributed by atoms with E-state index in [0.717, 1.165) is 30.1 Å². The molecule has 0 radical (unpaired) electrons. The van der Waals surface area contributed by atoms with Gasteiger partial charge in [-0.2, -0.15) is 0 Å². The van der Waals surface area contributed by atoms with E-state index >= 15 is 0 Å². The van der Waals surface area contributed by atoms with E-state index in [1.165, 1.54) is 11.1 Å². The van der Waals surface area contributed by atoms with E-state index in [0.29, 0.717) is 5.92 Å². The average molecular weight is 417 g/mol. The first-order chi connectivity index (χ1) is 9.93. The molecule has 0 amide bonds. The average Bonchev–Trinajstić information content (AvgIpc) is 2.38. The monoisotopic (exact) mass is 417 g/mol. The van der Waals surface area contributed by atoms with Crippen LogP contribution in [0, 0.1) is 5.92 Å². The van der Waals surface area contributed by atoms with Crippen molar-refractivity contribution >= 4 is 5.57 Å². The van der Waals surface area contributed by atoms with Crippen LogP contribution in [0.5, 0.6) is 5.75 Å². The Bertz CT molecular complexity index is 516. The van der Waals surface area contributed by atoms with Gasteiger partial charge in [-0.15, -0.1) is 0 Å². The van der Waals surface area contributed by atoms with Crippen molar-refractivity contribution < 1.29 is 37.9 Å². The standard InChI is InChI=1S/C18H28NO2.HI/c1-14(2)21-17-8-6-7-16(11-17)18-9-10-19(4,13-20-5)12-15(18)3;/h6-9,11,14-15H,10,12-13H2,1-5H3;1H/q+1;/p-1. The van der Waals surface area contributed by atoms with E-state index in [4.69, 9.17) is 9.47 Å². The van der Waals surface area contributed by atoms with Gasteiger partial charge >= 0.3 is 0 Å². The highest BCUT2D eigenvalue weighted by Crippen LogP contribution is 2.31. The van der Waals surface area contributed by atoms with Gasteiger partial charge in [-0.25, -0.2) is 0 Å². The maximum atomic E-state index is 5.81. The molecule has 1 heterocycles. The maximum absolute atomic E-state index is 5.81. The Labute approximate surface area is 151 Å². The molecule has 0 bridgehead atoms. The van der Waals surface area contributed by atoms with Crippen LogP contribution < -0.4 is 28.7 Å². The van der Waals surface area contributed by atoms with Crippen LogP contribution in [0.4, 0.5) is 0 Å². The topological polar surface area (TPSA) is 18.5 Å². The molecular formula is C18H28INO2. The molecular weight excluding hydrogens is 389 g/mol. The van der Waals surface area contributed by atoms with Crippen LogP contribution in [0.25, 0.3) is 5.57 Å². The van der Waals surface area contributed by atoms with Crippen LogP contribution in [0.15, 0.2) is 30.3 Å². The van der Waals surface area contributed by atoms with Crippen molar-refractivity contribution in [1.82, 2.24) is 0 Å². The largest absolute Gasteiger partial charge is 1.00 e. The third-order valence-corrected chi connectivity index (χ3v) is 3.98. The summed E-state index contributed by atoms with van der Waals surface area (Å²) in [7, 11) is 4.03. The number of halogens is 1. The van der Waals surface area contributed by atoms with Crippen LogP contribution >= 0.6 is 0 Å². The predicted octanol–water partition coefficient (Wildman–Crippen LogP) is 0.561. The van der Waals surface area contributed by atoms with Crippen LogP contribution in [0.1, 0.15) is 26.3 Å². The minimum atomic E-state index is 0. The molecule has 4 heteroatoms. The fourth-order valence-electron chi connectivity index (χ4n) is 3.19. The van der Waals surface area contributed by atoms with Crippen molar-refractivity contribution in [3.8, 4) is 5.75 Å². The fourth-order valence-corrected chi connectivity index (χ4v) is 3.19. The second-order valence-corrected chi connectivity index (χ2v) is 6.66. The van der Waals surface area contributed by atoms with Gasteiger partial charge in [0.05, 0.1) is 26.2 Å². The molecule has 0 aromatic heterocycles. The summed E-state index contributed by atoms with van der Waals surface area (Å²) in [4.78, 5) is 0. The Balaban J connectivity index is 0.00000242. The first-order valence-electron chi connectivity index (χ1n) is 7.73. The second kappa shape index (κ2) is 8.31. The van der Waals surface area contributed by atoms with Gasteiger partial charge in [-0.1, -0.05) is 19.1 Å². The molecule has 1 aliphatic heterocycles. The van der Waals surface area contributed by atoms with E-state index < -0.39 is 0 Å². The van der Waals surface area contributed by atoms with Crippen molar-refractivity contribution in [2.45, 2.75) is 26.9 Å². The van der Waals surface area contributed by atoms with Gasteiger partial charge in [0, 0.05) is 13.0 Å². The normalized spacial score (nSPS) is 24.6. The zero-order chi connectivity index (χ0) is 15.5. The maximum Gasteiger partial charge on any atom is 0.182 e. The first kappa shape index (κ1) is 19.5. The lowest BCUT2D eigenvalue weighted by molar-refractivity contribution is -0.925. The lowest BCUT2D eigenvalue weighted by Gasteiger charge is -2.39. The third kappa shape index (κ3) is 4.96. The molecule has 2 unspecified atom stereocenters. The summed E-state index contributed by atoms with van der Waals surface area (Å²) >= 11 is 0. The van der Waals surface area contributed by atoms with Gasteiger partial charge < -0.3 is 33.5 Å². The smallest absolute Gasteiger partial charge is 0.182 e. The molecule has 0 saturated heterocycles. The first-order valence-corrected chi connectivity index (χ1v) is 7.73. The van der Waals surface area contributed by atoms with Gasteiger partial charge in [-0.3, -0.25) is 4.48 Å². The quantitative estimate of drug-likeness (QED) is 0.515. The SMILES string of the molecule is COC[N+]1(C)CC=C(c2cccc(OC(C)C)c2)C(C)C1.[I-]. The Morgan fingerprint density at radius 1 is 1.32 bits per heavy atom. The van der Waals surface area contributed by atoms with Gasteiger partial charge in [-0.05, 0) is 43.2 Å². The van der Waals surface area contributed by atoms with Crippen molar-refractivity contribution in [3.63, 3.8) is 0 Å². The highest BCUT2D eigenvalue weighted by atomic mass is 127. The van der Waals surface area contributed by atoms with Crippen LogP contribution in [-0.2, 0) is 4.74 Å². The molecule has 0 N–H and O–H groups in total. The third-order valence-electron chi connectivity index (χ3n) is 3.98. The number of methoxy groups -OCH3 is 1. The van der Waals surface area contributed by atoms with E-state index in [-0.39, 0.29) is 30.1 Å². The molecule has 3 nitrogen and oxygen atoms in total. The van der Waals surface area contributed by atoms with Crippen molar-refractivity contribution in [3.05, 3.63) is 35.9 Å². The highest BCUT2D eigenvalue weighted by molar-refractivity contribution is 5.68. The highest BCUT2D eigenvalue weighted by Gasteiger charge is 2.30. The summed E-state index contributed by atoms with van der Waals surface area (Å²) < 4.78 is 12.1. The molecule has 2 rings (SSSR count). The van der Waals surface area contributed by atoms with E-state index in [1.807, 2.05) is 6.07 Å². The summed E-state index contributed by atoms with van der Waals surface area (Å²) in [5.41, 5.74) is 2.71. The number of hydrogen-bond donors (Lipinski definition) is 0. The number of ether oxygens (including phenoxy) is 2. The summed E-state index contributed by atoms with van der Waals surface area (Å²) in [6.07, 6.45) is 2.57. The second-order valence-electron chi connectivity index (χ2n) is 6.66. The lowest BCUT2D eigenvalue weighted by atomic mass is 9.89. The van der Waals surface area contributed by atoms with E-state index in [1.54, 1.807) is 7.11 Å². The summed E-state index contributed by atoms with van der Waals surface area (Å²) in [6, 6.07) is 8.46. The minimum Gasteiger partial charge on any atom is -1.00 e. The van der Waals surface area contributed by atoms with E-state index in [9.17, 15) is 0 Å². The Morgan fingerprint density at radius 2 is 2.05 bits per heavy atom. The van der Waals surface area contributed by atoms with Crippen LogP contribution in [0.3, 0.4) is 0 Å². The molecule has 2 atom stereocenters. The van der Waals surface area contributed by atoms with Crippen molar-refractivity contribution in [1.29, 1.82) is 0 Å². The van der Waals surface area contributed by atoms with Gasteiger partial charge in [0.15, 0.2) is 6.73 Å². The Kier molecular flexibility index (Phi) is 7.35. The predicted molar refractivity (Wildman–Crippen MR) is 87.1 cm³/mol. The molecule has 1 aliphatic rings. The summed E-state index contributed by atoms with van der Waals surface area (Å²) in [5.74, 6) is 1.48. The number of quaternary nitrogens is 1. The van der Waals surface area contributed by atoms with Gasteiger partial charge in [0.25, 0.3) is 0 Å². The molecule has 0 aliphatic carbocycles. The van der Waals surface area contributed by atoms with Gasteiger partial charge in [0.2, 0.25) is 0 Å². The Morgan fingerprint density at radius 3 is 2.64 bits per heavy atom. The molecule has 0 spiro atoms. The Hall–Kier alpha value is -0.590. The van der Waals surface area contributed by atoms with Crippen LogP contribution in [0.2, 0.25) is 0 Å². The van der Waals surface area contributed by atoms with Crippen molar-refractivity contribution in [2.24, 2.45) is 5.92 Å². The number of likely N-dealkylation sites (N-methyl/N-ethyl adjacent to an activating group) is 1. The number of nitrogens with zero attached hydrogens (tertiary/aromatic N) is 1. The molecule has 1 aromatic rings. The zero-order valence-corrected chi connectivity index (χ0v) is 16.5. The number of hydrogen-bond acceptors (Lipinski definition) is 2. The van der Waals surface area contributed by atoms with Crippen LogP contribution in [-0.4, -0.2) is 44.6 Å². The molecule has 0 fully saturated rings. The molecule has 22 heavy (non-hydrogen) atoms. The zero-order valence-electron chi connectivity index (χ0n) is 14.3. The van der Waals surface area contributed by atoms with E-state index in [2.05, 4.69) is 52.1 Å². The number of rotatable bonds is 5.